The van der Waals surface area contributed by atoms with E-state index in [0.29, 0.717) is 12.8 Å². The van der Waals surface area contributed by atoms with Gasteiger partial charge in [-0.15, -0.1) is 0 Å². The van der Waals surface area contributed by atoms with Gasteiger partial charge in [0.25, 0.3) is 0 Å². The molecule has 0 aromatic heterocycles. The van der Waals surface area contributed by atoms with Crippen molar-refractivity contribution >= 4 is 11.6 Å². The maximum absolute atomic E-state index is 12.7. The van der Waals surface area contributed by atoms with E-state index < -0.39 is 5.41 Å². The van der Waals surface area contributed by atoms with E-state index in [1.54, 1.807) is 7.11 Å². The van der Waals surface area contributed by atoms with E-state index in [-0.39, 0.29) is 22.9 Å². The molecule has 0 heterocycles. The van der Waals surface area contributed by atoms with Gasteiger partial charge in [-0.3, -0.25) is 9.59 Å². The smallest absolute Gasteiger partial charge is 0.150 e. The molecule has 0 spiro atoms. The number of methoxy groups -OCH3 is 1. The Labute approximate surface area is 125 Å². The maximum atomic E-state index is 12.7. The van der Waals surface area contributed by atoms with Crippen LogP contribution in [-0.2, 0) is 15.0 Å². The summed E-state index contributed by atoms with van der Waals surface area (Å²) in [5, 5.41) is 0. The predicted octanol–water partition coefficient (Wildman–Crippen LogP) is 3.22. The molecule has 3 nitrogen and oxygen atoms in total. The van der Waals surface area contributed by atoms with Crippen molar-refractivity contribution in [3.05, 3.63) is 29.3 Å². The number of fused-ring (bicyclic) bond motifs is 2. The Balaban J connectivity index is 2.06. The fourth-order valence-electron chi connectivity index (χ4n) is 4.21. The van der Waals surface area contributed by atoms with Crippen LogP contribution in [-0.4, -0.2) is 18.7 Å². The molecule has 0 aliphatic heterocycles. The van der Waals surface area contributed by atoms with Crippen molar-refractivity contribution in [1.29, 1.82) is 0 Å². The quantitative estimate of drug-likeness (QED) is 0.784. The molecule has 1 aromatic rings. The fourth-order valence-corrected chi connectivity index (χ4v) is 4.21. The van der Waals surface area contributed by atoms with Crippen molar-refractivity contribution in [3.63, 3.8) is 0 Å². The zero-order valence-corrected chi connectivity index (χ0v) is 13.2. The number of hydrogen-bond donors (Lipinski definition) is 0. The lowest BCUT2D eigenvalue weighted by Crippen LogP contribution is -2.45. The van der Waals surface area contributed by atoms with E-state index in [1.165, 1.54) is 5.56 Å². The second kappa shape index (κ2) is 4.43. The number of rotatable bonds is 2. The Morgan fingerprint density at radius 2 is 1.90 bits per heavy atom. The Morgan fingerprint density at radius 3 is 2.52 bits per heavy atom. The molecule has 0 unspecified atom stereocenters. The van der Waals surface area contributed by atoms with Gasteiger partial charge < -0.3 is 4.74 Å². The third-order valence-corrected chi connectivity index (χ3v) is 5.83. The molecule has 3 rings (SSSR count). The molecule has 112 valence electrons. The van der Waals surface area contributed by atoms with Gasteiger partial charge in [0.05, 0.1) is 12.5 Å². The normalized spacial score (nSPS) is 35.1. The first-order chi connectivity index (χ1) is 9.83. The zero-order chi connectivity index (χ0) is 15.4. The first-order valence-corrected chi connectivity index (χ1v) is 7.55. The van der Waals surface area contributed by atoms with Crippen LogP contribution in [0.25, 0.3) is 0 Å². The van der Waals surface area contributed by atoms with Crippen molar-refractivity contribution in [2.45, 2.75) is 45.4 Å². The van der Waals surface area contributed by atoms with Gasteiger partial charge in [0.2, 0.25) is 0 Å². The van der Waals surface area contributed by atoms with E-state index in [0.717, 1.165) is 17.7 Å². The highest BCUT2D eigenvalue weighted by atomic mass is 16.5. The summed E-state index contributed by atoms with van der Waals surface area (Å²) in [5.74, 6) is 0.939. The van der Waals surface area contributed by atoms with E-state index in [9.17, 15) is 9.59 Å². The molecule has 2 aliphatic rings. The van der Waals surface area contributed by atoms with Crippen LogP contribution in [0, 0.1) is 18.3 Å². The van der Waals surface area contributed by atoms with Gasteiger partial charge in [0.1, 0.15) is 11.5 Å². The third kappa shape index (κ3) is 1.79. The molecule has 0 N–H and O–H groups in total. The van der Waals surface area contributed by atoms with Crippen molar-refractivity contribution in [3.8, 4) is 5.75 Å². The summed E-state index contributed by atoms with van der Waals surface area (Å²) < 4.78 is 5.26. The van der Waals surface area contributed by atoms with Crippen LogP contribution in [0.15, 0.2) is 18.2 Å². The van der Waals surface area contributed by atoms with Crippen LogP contribution < -0.4 is 4.74 Å². The van der Waals surface area contributed by atoms with Gasteiger partial charge in [-0.05, 0) is 49.9 Å². The molecule has 0 amide bonds. The predicted molar refractivity (Wildman–Crippen MR) is 80.5 cm³/mol. The highest BCUT2D eigenvalue weighted by Crippen LogP contribution is 2.55. The van der Waals surface area contributed by atoms with Crippen LogP contribution >= 0.6 is 0 Å². The molecule has 2 aliphatic carbocycles. The monoisotopic (exact) mass is 286 g/mol. The summed E-state index contributed by atoms with van der Waals surface area (Å²) in [6, 6.07) is 6.02. The molecule has 2 fully saturated rings. The second-order valence-electron chi connectivity index (χ2n) is 6.97. The SMILES string of the molecule is COc1ccc([C@@]2(C)CC[C@]3(C)C(=O)C[C@H]2C3=O)c(C)c1. The van der Waals surface area contributed by atoms with E-state index >= 15 is 0 Å². The summed E-state index contributed by atoms with van der Waals surface area (Å²) in [5.41, 5.74) is 1.36. The van der Waals surface area contributed by atoms with Crippen molar-refractivity contribution in [2.75, 3.05) is 7.11 Å². The summed E-state index contributed by atoms with van der Waals surface area (Å²) in [6.07, 6.45) is 1.96. The molecule has 2 bridgehead atoms. The lowest BCUT2D eigenvalue weighted by atomic mass is 9.60. The fraction of sp³-hybridized carbons (Fsp3) is 0.556. The molecule has 3 atom stereocenters. The number of Topliss-reactive ketones (excluding diaryl/α,β-unsaturated/α-hetero) is 2. The number of aryl methyl sites for hydroxylation is 1. The van der Waals surface area contributed by atoms with Gasteiger partial charge in [0.15, 0.2) is 5.78 Å². The Bertz CT molecular complexity index is 633. The van der Waals surface area contributed by atoms with Crippen LogP contribution in [0.3, 0.4) is 0 Å². The summed E-state index contributed by atoms with van der Waals surface area (Å²) in [4.78, 5) is 24.9. The minimum atomic E-state index is -0.718. The second-order valence-corrected chi connectivity index (χ2v) is 6.97. The Morgan fingerprint density at radius 1 is 1.19 bits per heavy atom. The molecule has 0 radical (unpaired) electrons. The van der Waals surface area contributed by atoms with Gasteiger partial charge in [-0.2, -0.15) is 0 Å². The van der Waals surface area contributed by atoms with Crippen LogP contribution in [0.4, 0.5) is 0 Å². The largest absolute Gasteiger partial charge is 0.497 e. The molecule has 21 heavy (non-hydrogen) atoms. The first kappa shape index (κ1) is 14.3. The minimum Gasteiger partial charge on any atom is -0.497 e. The first-order valence-electron chi connectivity index (χ1n) is 7.55. The topological polar surface area (TPSA) is 43.4 Å². The van der Waals surface area contributed by atoms with Crippen molar-refractivity contribution < 1.29 is 14.3 Å². The van der Waals surface area contributed by atoms with Gasteiger partial charge in [0, 0.05) is 17.8 Å². The number of ether oxygens (including phenoxy) is 1. The average Bonchev–Trinajstić information content (AvgIpc) is 2.62. The van der Waals surface area contributed by atoms with Crippen molar-refractivity contribution in [2.24, 2.45) is 11.3 Å². The number of carbonyl (C=O) groups is 2. The third-order valence-electron chi connectivity index (χ3n) is 5.83. The number of benzene rings is 1. The Hall–Kier alpha value is -1.64. The minimum absolute atomic E-state index is 0.132. The maximum Gasteiger partial charge on any atom is 0.150 e. The Kier molecular flexibility index (Phi) is 3.01. The van der Waals surface area contributed by atoms with Crippen LogP contribution in [0.2, 0.25) is 0 Å². The summed E-state index contributed by atoms with van der Waals surface area (Å²) in [7, 11) is 1.65. The lowest BCUT2D eigenvalue weighted by molar-refractivity contribution is -0.138. The van der Waals surface area contributed by atoms with Crippen LogP contribution in [0.1, 0.15) is 44.2 Å². The lowest BCUT2D eigenvalue weighted by Gasteiger charge is -2.42. The van der Waals surface area contributed by atoms with Gasteiger partial charge in [-0.1, -0.05) is 13.0 Å². The molecular weight excluding hydrogens is 264 g/mol. The summed E-state index contributed by atoms with van der Waals surface area (Å²) in [6.45, 7) is 6.03. The number of hydrogen-bond acceptors (Lipinski definition) is 3. The van der Waals surface area contributed by atoms with Crippen LogP contribution in [0.5, 0.6) is 5.75 Å². The molecule has 1 aromatic carbocycles. The molecule has 3 heteroatoms. The highest BCUT2D eigenvalue weighted by molar-refractivity contribution is 6.15. The molecule has 0 saturated heterocycles. The zero-order valence-electron chi connectivity index (χ0n) is 13.2. The van der Waals surface area contributed by atoms with E-state index in [1.807, 2.05) is 19.1 Å². The van der Waals surface area contributed by atoms with Gasteiger partial charge >= 0.3 is 0 Å². The molecular formula is C18H22O3. The van der Waals surface area contributed by atoms with Crippen molar-refractivity contribution in [1.82, 2.24) is 0 Å². The average molecular weight is 286 g/mol. The highest BCUT2D eigenvalue weighted by Gasteiger charge is 2.61. The van der Waals surface area contributed by atoms with E-state index in [2.05, 4.69) is 19.9 Å². The number of carbonyl (C=O) groups excluding carboxylic acids is 2. The number of ketones is 2. The molecule has 2 saturated carbocycles. The van der Waals surface area contributed by atoms with Gasteiger partial charge in [-0.25, -0.2) is 0 Å². The van der Waals surface area contributed by atoms with E-state index in [4.69, 9.17) is 4.74 Å². The summed E-state index contributed by atoms with van der Waals surface area (Å²) >= 11 is 0. The standard InChI is InChI=1S/C18H22O3/c1-11-9-12(21-4)5-6-13(11)17(2)7-8-18(3)15(19)10-14(17)16(18)20/h5-6,9,14H,7-8,10H2,1-4H3/t14-,17+,18+/m0/s1.